The van der Waals surface area contributed by atoms with Gasteiger partial charge in [-0.25, -0.2) is 4.79 Å². The number of hydrogen-bond donors (Lipinski definition) is 3. The molecule has 19 heavy (non-hydrogen) atoms. The molecule has 0 saturated heterocycles. The van der Waals surface area contributed by atoms with E-state index < -0.39 is 5.97 Å². The minimum Gasteiger partial charge on any atom is -0.508 e. The first-order valence-electron chi connectivity index (χ1n) is 5.56. The van der Waals surface area contributed by atoms with Crippen LogP contribution in [-0.4, -0.2) is 22.4 Å². The largest absolute Gasteiger partial charge is 0.508 e. The Morgan fingerprint density at radius 2 is 1.68 bits per heavy atom. The van der Waals surface area contributed by atoms with Gasteiger partial charge in [0.15, 0.2) is 0 Å². The van der Waals surface area contributed by atoms with E-state index in [1.165, 1.54) is 12.1 Å². The molecule has 0 saturated carbocycles. The molecule has 96 valence electrons. The molecule has 0 aromatic heterocycles. The third kappa shape index (κ3) is 3.57. The smallest absolute Gasteiger partial charge is 0.335 e. The Morgan fingerprint density at radius 3 is 2.26 bits per heavy atom. The average molecular weight is 256 g/mol. The fourth-order valence-electron chi connectivity index (χ4n) is 1.43. The summed E-state index contributed by atoms with van der Waals surface area (Å²) in [6.07, 6.45) is 1.60. The van der Waals surface area contributed by atoms with Crippen LogP contribution in [0.1, 0.15) is 15.9 Å². The molecule has 0 heterocycles. The van der Waals surface area contributed by atoms with Gasteiger partial charge in [-0.1, -0.05) is 0 Å². The van der Waals surface area contributed by atoms with E-state index in [1.807, 2.05) is 0 Å². The monoisotopic (exact) mass is 256 g/mol. The molecule has 0 fully saturated rings. The van der Waals surface area contributed by atoms with Crippen molar-refractivity contribution in [1.29, 1.82) is 0 Å². The molecule has 2 aromatic carbocycles. The normalized spacial score (nSPS) is 10.5. The summed E-state index contributed by atoms with van der Waals surface area (Å²) in [5.41, 5.74) is 4.55. The highest BCUT2D eigenvalue weighted by Gasteiger charge is 2.00. The van der Waals surface area contributed by atoms with Gasteiger partial charge in [-0.3, -0.25) is 5.43 Å². The number of hydrazone groups is 1. The number of nitrogens with zero attached hydrogens (tertiary/aromatic N) is 1. The molecule has 0 unspecified atom stereocenters. The van der Waals surface area contributed by atoms with Crippen molar-refractivity contribution in [3.8, 4) is 5.75 Å². The topological polar surface area (TPSA) is 81.9 Å². The van der Waals surface area contributed by atoms with E-state index in [0.717, 1.165) is 5.56 Å². The van der Waals surface area contributed by atoms with Crippen LogP contribution in [0.3, 0.4) is 0 Å². The van der Waals surface area contributed by atoms with Crippen LogP contribution in [0.5, 0.6) is 5.75 Å². The molecule has 5 heteroatoms. The third-order valence-corrected chi connectivity index (χ3v) is 2.43. The van der Waals surface area contributed by atoms with Crippen molar-refractivity contribution in [3.05, 3.63) is 59.7 Å². The zero-order valence-electron chi connectivity index (χ0n) is 9.95. The molecule has 0 atom stereocenters. The number of carbonyl (C=O) groups is 1. The maximum absolute atomic E-state index is 10.7. The van der Waals surface area contributed by atoms with Crippen molar-refractivity contribution >= 4 is 17.9 Å². The summed E-state index contributed by atoms with van der Waals surface area (Å²) in [6.45, 7) is 0. The van der Waals surface area contributed by atoms with Crippen LogP contribution < -0.4 is 5.43 Å². The molecule has 0 amide bonds. The molecule has 0 aliphatic carbocycles. The first-order chi connectivity index (χ1) is 9.15. The fraction of sp³-hybridized carbons (Fsp3) is 0. The summed E-state index contributed by atoms with van der Waals surface area (Å²) in [4.78, 5) is 10.7. The zero-order chi connectivity index (χ0) is 13.7. The van der Waals surface area contributed by atoms with Gasteiger partial charge in [0.2, 0.25) is 0 Å². The number of carboxylic acid groups (broad SMARTS) is 1. The van der Waals surface area contributed by atoms with Gasteiger partial charge in [0.25, 0.3) is 0 Å². The summed E-state index contributed by atoms with van der Waals surface area (Å²) < 4.78 is 0. The number of carboxylic acids is 1. The molecule has 5 nitrogen and oxygen atoms in total. The molecule has 0 aliphatic heterocycles. The van der Waals surface area contributed by atoms with Crippen LogP contribution in [0.4, 0.5) is 5.69 Å². The van der Waals surface area contributed by atoms with E-state index in [4.69, 9.17) is 10.2 Å². The predicted octanol–water partition coefficient (Wildman–Crippen LogP) is 2.54. The van der Waals surface area contributed by atoms with Crippen LogP contribution in [0.2, 0.25) is 0 Å². The lowest BCUT2D eigenvalue weighted by molar-refractivity contribution is 0.0697. The standard InChI is InChI=1S/C14H12N2O3/c17-13-7-1-10(2-8-13)9-15-16-12-5-3-11(4-6-12)14(18)19/h1-9,16-17H,(H,18,19)/b15-9-. The Labute approximate surface area is 109 Å². The van der Waals surface area contributed by atoms with Crippen molar-refractivity contribution < 1.29 is 15.0 Å². The second kappa shape index (κ2) is 5.68. The molecular weight excluding hydrogens is 244 g/mol. The van der Waals surface area contributed by atoms with Gasteiger partial charge >= 0.3 is 5.97 Å². The lowest BCUT2D eigenvalue weighted by atomic mass is 10.2. The Balaban J connectivity index is 1.98. The summed E-state index contributed by atoms with van der Waals surface area (Å²) in [5, 5.41) is 21.9. The van der Waals surface area contributed by atoms with Crippen molar-refractivity contribution in [2.45, 2.75) is 0 Å². The highest BCUT2D eigenvalue weighted by molar-refractivity contribution is 5.88. The number of nitrogens with one attached hydrogen (secondary N) is 1. The number of aromatic hydroxyl groups is 1. The molecule has 0 aliphatic rings. The summed E-state index contributed by atoms with van der Waals surface area (Å²) in [7, 11) is 0. The lowest BCUT2D eigenvalue weighted by Crippen LogP contribution is -1.96. The Morgan fingerprint density at radius 1 is 1.05 bits per heavy atom. The van der Waals surface area contributed by atoms with E-state index in [9.17, 15) is 4.79 Å². The molecule has 0 spiro atoms. The Kier molecular flexibility index (Phi) is 3.78. The first kappa shape index (κ1) is 12.6. The van der Waals surface area contributed by atoms with Crippen molar-refractivity contribution in [2.75, 3.05) is 5.43 Å². The van der Waals surface area contributed by atoms with E-state index in [0.29, 0.717) is 5.69 Å². The summed E-state index contributed by atoms with van der Waals surface area (Å²) in [6, 6.07) is 12.9. The molecule has 0 radical (unpaired) electrons. The van der Waals surface area contributed by atoms with Crippen molar-refractivity contribution in [1.82, 2.24) is 0 Å². The van der Waals surface area contributed by atoms with Crippen LogP contribution in [0, 0.1) is 0 Å². The zero-order valence-corrected chi connectivity index (χ0v) is 9.95. The minimum absolute atomic E-state index is 0.203. The highest BCUT2D eigenvalue weighted by atomic mass is 16.4. The number of phenolic OH excluding ortho intramolecular Hbond substituents is 1. The van der Waals surface area contributed by atoms with E-state index in [2.05, 4.69) is 10.5 Å². The van der Waals surface area contributed by atoms with Crippen LogP contribution in [0.15, 0.2) is 53.6 Å². The van der Waals surface area contributed by atoms with Crippen molar-refractivity contribution in [3.63, 3.8) is 0 Å². The number of hydrogen-bond acceptors (Lipinski definition) is 4. The van der Waals surface area contributed by atoms with Gasteiger partial charge in [0, 0.05) is 0 Å². The number of benzene rings is 2. The van der Waals surface area contributed by atoms with Gasteiger partial charge in [-0.15, -0.1) is 0 Å². The van der Waals surface area contributed by atoms with Crippen LogP contribution in [0.25, 0.3) is 0 Å². The molecular formula is C14H12N2O3. The third-order valence-electron chi connectivity index (χ3n) is 2.43. The predicted molar refractivity (Wildman–Crippen MR) is 72.7 cm³/mol. The SMILES string of the molecule is O=C(O)c1ccc(N/N=C\c2ccc(O)cc2)cc1. The molecule has 2 rings (SSSR count). The van der Waals surface area contributed by atoms with E-state index in [1.54, 1.807) is 42.6 Å². The maximum atomic E-state index is 10.7. The summed E-state index contributed by atoms with van der Waals surface area (Å²) in [5.74, 6) is -0.756. The van der Waals surface area contributed by atoms with Crippen LogP contribution >= 0.6 is 0 Å². The molecule has 2 aromatic rings. The van der Waals surface area contributed by atoms with Gasteiger partial charge in [-0.05, 0) is 54.1 Å². The number of rotatable bonds is 4. The number of aromatic carboxylic acids is 1. The number of anilines is 1. The van der Waals surface area contributed by atoms with Crippen LogP contribution in [-0.2, 0) is 0 Å². The second-order valence-corrected chi connectivity index (χ2v) is 3.84. The Hall–Kier alpha value is -2.82. The fourth-order valence-corrected chi connectivity index (χ4v) is 1.43. The lowest BCUT2D eigenvalue weighted by Gasteiger charge is -2.00. The first-order valence-corrected chi connectivity index (χ1v) is 5.56. The summed E-state index contributed by atoms with van der Waals surface area (Å²) >= 11 is 0. The van der Waals surface area contributed by atoms with Gasteiger partial charge < -0.3 is 10.2 Å². The average Bonchev–Trinajstić information content (AvgIpc) is 2.41. The van der Waals surface area contributed by atoms with Gasteiger partial charge in [0.1, 0.15) is 5.75 Å². The van der Waals surface area contributed by atoms with Crippen molar-refractivity contribution in [2.24, 2.45) is 5.10 Å². The van der Waals surface area contributed by atoms with Gasteiger partial charge in [0.05, 0.1) is 17.5 Å². The molecule has 3 N–H and O–H groups in total. The second-order valence-electron chi connectivity index (χ2n) is 3.84. The quantitative estimate of drug-likeness (QED) is 0.580. The highest BCUT2D eigenvalue weighted by Crippen LogP contribution is 2.10. The minimum atomic E-state index is -0.959. The van der Waals surface area contributed by atoms with E-state index >= 15 is 0 Å². The Bertz CT molecular complexity index is 589. The molecule has 0 bridgehead atoms. The maximum Gasteiger partial charge on any atom is 0.335 e. The number of phenols is 1. The van der Waals surface area contributed by atoms with Gasteiger partial charge in [-0.2, -0.15) is 5.10 Å². The van der Waals surface area contributed by atoms with E-state index in [-0.39, 0.29) is 11.3 Å².